The lowest BCUT2D eigenvalue weighted by atomic mass is 10.3. The number of hydrogen-bond donors (Lipinski definition) is 1. The van der Waals surface area contributed by atoms with E-state index in [1.807, 2.05) is 12.1 Å². The van der Waals surface area contributed by atoms with Gasteiger partial charge in [0.1, 0.15) is 5.76 Å². The summed E-state index contributed by atoms with van der Waals surface area (Å²) in [5.41, 5.74) is 0. The molecule has 0 spiro atoms. The molecular weight excluding hydrogens is 184 g/mol. The van der Waals surface area contributed by atoms with Gasteiger partial charge in [-0.05, 0) is 18.6 Å². The molecule has 2 rings (SSSR count). The lowest BCUT2D eigenvalue weighted by Crippen LogP contribution is -2.15. The van der Waals surface area contributed by atoms with Gasteiger partial charge in [0.15, 0.2) is 6.29 Å². The molecule has 0 amide bonds. The van der Waals surface area contributed by atoms with E-state index < -0.39 is 0 Å². The van der Waals surface area contributed by atoms with Crippen LogP contribution in [0.1, 0.15) is 12.2 Å². The average Bonchev–Trinajstić information content (AvgIpc) is 2.79. The van der Waals surface area contributed by atoms with E-state index in [-0.39, 0.29) is 19.0 Å². The zero-order valence-electron chi connectivity index (χ0n) is 7.89. The second-order valence-corrected chi connectivity index (χ2v) is 3.32. The van der Waals surface area contributed by atoms with E-state index in [1.54, 1.807) is 6.26 Å². The van der Waals surface area contributed by atoms with Crippen LogP contribution in [0.4, 0.5) is 0 Å². The maximum Gasteiger partial charge on any atom is 0.165 e. The molecule has 1 aromatic heterocycles. The summed E-state index contributed by atoms with van der Waals surface area (Å²) in [4.78, 5) is 0. The summed E-state index contributed by atoms with van der Waals surface area (Å²) >= 11 is 0. The van der Waals surface area contributed by atoms with E-state index >= 15 is 0 Å². The van der Waals surface area contributed by atoms with Gasteiger partial charge in [-0.2, -0.15) is 0 Å². The zero-order valence-corrected chi connectivity index (χ0v) is 7.89. The first-order chi connectivity index (χ1) is 6.88. The van der Waals surface area contributed by atoms with Crippen LogP contribution >= 0.6 is 0 Å². The highest BCUT2D eigenvalue weighted by Gasteiger charge is 2.26. The summed E-state index contributed by atoms with van der Waals surface area (Å²) in [6, 6.07) is 3.74. The molecule has 1 aliphatic rings. The highest BCUT2D eigenvalue weighted by atomic mass is 16.7. The van der Waals surface area contributed by atoms with Crippen LogP contribution in [0.15, 0.2) is 22.8 Å². The lowest BCUT2D eigenvalue weighted by Gasteiger charge is -2.08. The van der Waals surface area contributed by atoms with Crippen LogP contribution in [0.3, 0.4) is 0 Å². The average molecular weight is 198 g/mol. The van der Waals surface area contributed by atoms with Crippen LogP contribution in [-0.2, 0) is 15.9 Å². The normalized spacial score (nSPS) is 26.9. The Morgan fingerprint density at radius 1 is 1.50 bits per heavy atom. The summed E-state index contributed by atoms with van der Waals surface area (Å²) in [5, 5.41) is 8.72. The molecule has 0 aliphatic carbocycles. The molecule has 0 aromatic carbocycles. The fourth-order valence-electron chi connectivity index (χ4n) is 1.50. The molecule has 1 saturated heterocycles. The summed E-state index contributed by atoms with van der Waals surface area (Å²) in [7, 11) is 0. The minimum Gasteiger partial charge on any atom is -0.469 e. The first-order valence-electron chi connectivity index (χ1n) is 4.79. The number of aliphatic hydroxyl groups is 1. The third-order valence-corrected chi connectivity index (χ3v) is 2.21. The molecule has 0 bridgehead atoms. The van der Waals surface area contributed by atoms with Crippen molar-refractivity contribution in [3.8, 4) is 0 Å². The van der Waals surface area contributed by atoms with Crippen LogP contribution in [-0.4, -0.2) is 30.7 Å². The monoisotopic (exact) mass is 198 g/mol. The van der Waals surface area contributed by atoms with E-state index in [0.29, 0.717) is 19.4 Å². The third-order valence-electron chi connectivity index (χ3n) is 2.21. The summed E-state index contributed by atoms with van der Waals surface area (Å²) < 4.78 is 16.1. The molecule has 78 valence electrons. The Bertz CT molecular complexity index is 257. The largest absolute Gasteiger partial charge is 0.469 e. The van der Waals surface area contributed by atoms with Crippen molar-refractivity contribution in [2.75, 3.05) is 13.2 Å². The van der Waals surface area contributed by atoms with Gasteiger partial charge in [-0.3, -0.25) is 0 Å². The maximum absolute atomic E-state index is 8.72. The fourth-order valence-corrected chi connectivity index (χ4v) is 1.50. The van der Waals surface area contributed by atoms with Gasteiger partial charge >= 0.3 is 0 Å². The lowest BCUT2D eigenvalue weighted by molar-refractivity contribution is -0.0610. The number of rotatable bonds is 4. The molecule has 0 radical (unpaired) electrons. The molecule has 2 unspecified atom stereocenters. The summed E-state index contributed by atoms with van der Waals surface area (Å²) in [5.74, 6) is 0.861. The predicted octanol–water partition coefficient (Wildman–Crippen LogP) is 0.946. The first-order valence-corrected chi connectivity index (χ1v) is 4.79. The van der Waals surface area contributed by atoms with E-state index in [0.717, 1.165) is 5.76 Å². The standard InChI is InChI=1S/C10H14O4/c11-4-3-9-7-13-10(14-9)6-8-2-1-5-12-8/h1-2,5,9-11H,3-4,6-7H2. The van der Waals surface area contributed by atoms with E-state index in [4.69, 9.17) is 19.0 Å². The van der Waals surface area contributed by atoms with Crippen molar-refractivity contribution >= 4 is 0 Å². The van der Waals surface area contributed by atoms with Crippen LogP contribution in [0.5, 0.6) is 0 Å². The molecule has 4 heteroatoms. The highest BCUT2D eigenvalue weighted by Crippen LogP contribution is 2.18. The van der Waals surface area contributed by atoms with Gasteiger partial charge in [0, 0.05) is 6.61 Å². The molecular formula is C10H14O4. The SMILES string of the molecule is OCCC1COC(Cc2ccco2)O1. The topological polar surface area (TPSA) is 51.8 Å². The molecule has 4 nitrogen and oxygen atoms in total. The second kappa shape index (κ2) is 4.59. The first kappa shape index (κ1) is 9.71. The number of furan rings is 1. The highest BCUT2D eigenvalue weighted by molar-refractivity contribution is 4.99. The van der Waals surface area contributed by atoms with Gasteiger partial charge in [0.05, 0.1) is 25.4 Å². The zero-order chi connectivity index (χ0) is 9.80. The number of ether oxygens (including phenoxy) is 2. The number of aliphatic hydroxyl groups excluding tert-OH is 1. The van der Waals surface area contributed by atoms with Gasteiger partial charge in [-0.25, -0.2) is 0 Å². The van der Waals surface area contributed by atoms with Crippen molar-refractivity contribution in [2.45, 2.75) is 25.2 Å². The van der Waals surface area contributed by atoms with Crippen LogP contribution < -0.4 is 0 Å². The van der Waals surface area contributed by atoms with Gasteiger partial charge in [-0.1, -0.05) is 0 Å². The molecule has 2 atom stereocenters. The van der Waals surface area contributed by atoms with Crippen molar-refractivity contribution in [2.24, 2.45) is 0 Å². The molecule has 1 fully saturated rings. The van der Waals surface area contributed by atoms with Crippen LogP contribution in [0, 0.1) is 0 Å². The Hall–Kier alpha value is -0.840. The van der Waals surface area contributed by atoms with Crippen molar-refractivity contribution < 1.29 is 19.0 Å². The number of hydrogen-bond acceptors (Lipinski definition) is 4. The Morgan fingerprint density at radius 3 is 3.14 bits per heavy atom. The van der Waals surface area contributed by atoms with E-state index in [1.165, 1.54) is 0 Å². The predicted molar refractivity (Wildman–Crippen MR) is 48.7 cm³/mol. The molecule has 2 heterocycles. The Morgan fingerprint density at radius 2 is 2.43 bits per heavy atom. The fraction of sp³-hybridized carbons (Fsp3) is 0.600. The van der Waals surface area contributed by atoms with Gasteiger partial charge in [0.2, 0.25) is 0 Å². The molecule has 0 saturated carbocycles. The van der Waals surface area contributed by atoms with Crippen molar-refractivity contribution in [3.63, 3.8) is 0 Å². The molecule has 1 aliphatic heterocycles. The van der Waals surface area contributed by atoms with Gasteiger partial charge < -0.3 is 19.0 Å². The van der Waals surface area contributed by atoms with Crippen molar-refractivity contribution in [1.82, 2.24) is 0 Å². The Labute approximate surface area is 82.4 Å². The van der Waals surface area contributed by atoms with Crippen LogP contribution in [0.2, 0.25) is 0 Å². The third kappa shape index (κ3) is 2.35. The summed E-state index contributed by atoms with van der Waals surface area (Å²) in [6.45, 7) is 0.702. The molecule has 1 N–H and O–H groups in total. The summed E-state index contributed by atoms with van der Waals surface area (Å²) in [6.07, 6.45) is 2.71. The van der Waals surface area contributed by atoms with E-state index in [9.17, 15) is 0 Å². The second-order valence-electron chi connectivity index (χ2n) is 3.32. The smallest absolute Gasteiger partial charge is 0.165 e. The van der Waals surface area contributed by atoms with Crippen LogP contribution in [0.25, 0.3) is 0 Å². The minimum absolute atomic E-state index is 0.0277. The Kier molecular flexibility index (Phi) is 3.18. The van der Waals surface area contributed by atoms with Crippen molar-refractivity contribution in [1.29, 1.82) is 0 Å². The molecule has 1 aromatic rings. The van der Waals surface area contributed by atoms with Gasteiger partial charge in [-0.15, -0.1) is 0 Å². The van der Waals surface area contributed by atoms with Gasteiger partial charge in [0.25, 0.3) is 0 Å². The quantitative estimate of drug-likeness (QED) is 0.782. The maximum atomic E-state index is 8.72. The van der Waals surface area contributed by atoms with Crippen molar-refractivity contribution in [3.05, 3.63) is 24.2 Å². The minimum atomic E-state index is -0.224. The van der Waals surface area contributed by atoms with E-state index in [2.05, 4.69) is 0 Å². The Balaban J connectivity index is 1.79. The molecule has 14 heavy (non-hydrogen) atoms.